The lowest BCUT2D eigenvalue weighted by molar-refractivity contribution is 0.0698. The number of nitrogens with zero attached hydrogens (tertiary/aromatic N) is 2. The highest BCUT2D eigenvalue weighted by atomic mass is 32.2. The van der Waals surface area contributed by atoms with Crippen molar-refractivity contribution in [3.05, 3.63) is 41.6 Å². The van der Waals surface area contributed by atoms with Gasteiger partial charge in [-0.2, -0.15) is 5.10 Å². The maximum absolute atomic E-state index is 12.6. The number of carbonyl (C=O) groups excluding carboxylic acids is 1. The van der Waals surface area contributed by atoms with E-state index < -0.39 is 10.0 Å². The number of aromatic nitrogens is 2. The zero-order valence-electron chi connectivity index (χ0n) is 12.7. The Labute approximate surface area is 133 Å². The summed E-state index contributed by atoms with van der Waals surface area (Å²) in [5.74, 6) is 0.408. The first-order valence-corrected chi connectivity index (χ1v) is 9.17. The van der Waals surface area contributed by atoms with Crippen molar-refractivity contribution < 1.29 is 17.6 Å². The Hall–Kier alpha value is -2.13. The summed E-state index contributed by atoms with van der Waals surface area (Å²) >= 11 is 0. The van der Waals surface area contributed by atoms with Crippen molar-refractivity contribution in [2.24, 2.45) is 0 Å². The van der Waals surface area contributed by atoms with E-state index in [-0.39, 0.29) is 24.3 Å². The van der Waals surface area contributed by atoms with Crippen LogP contribution in [-0.4, -0.2) is 42.2 Å². The van der Waals surface area contributed by atoms with E-state index in [0.717, 1.165) is 24.8 Å². The lowest BCUT2D eigenvalue weighted by Crippen LogP contribution is -2.30. The second kappa shape index (κ2) is 6.17. The molecule has 0 saturated carbocycles. The Bertz CT molecular complexity index is 782. The van der Waals surface area contributed by atoms with Gasteiger partial charge in [-0.25, -0.2) is 13.1 Å². The molecule has 1 aliphatic rings. The molecule has 1 aliphatic heterocycles. The Morgan fingerprint density at radius 1 is 1.48 bits per heavy atom. The fourth-order valence-electron chi connectivity index (χ4n) is 2.72. The monoisotopic (exact) mass is 338 g/mol. The van der Waals surface area contributed by atoms with Gasteiger partial charge in [0.05, 0.1) is 24.5 Å². The summed E-state index contributed by atoms with van der Waals surface area (Å²) < 4.78 is 30.0. The van der Waals surface area contributed by atoms with Gasteiger partial charge in [-0.15, -0.1) is 0 Å². The first kappa shape index (κ1) is 15.8. The zero-order valence-corrected chi connectivity index (χ0v) is 13.5. The van der Waals surface area contributed by atoms with Gasteiger partial charge in [0.25, 0.3) is 5.91 Å². The molecule has 2 aromatic heterocycles. The molecule has 1 saturated heterocycles. The fraction of sp³-hybridized carbons (Fsp3) is 0.429. The van der Waals surface area contributed by atoms with Crippen LogP contribution in [0.1, 0.15) is 40.9 Å². The van der Waals surface area contributed by atoms with E-state index >= 15 is 0 Å². The van der Waals surface area contributed by atoms with Crippen LogP contribution in [0.4, 0.5) is 0 Å². The van der Waals surface area contributed by atoms with E-state index in [2.05, 4.69) is 14.9 Å². The van der Waals surface area contributed by atoms with Gasteiger partial charge in [0, 0.05) is 12.7 Å². The maximum atomic E-state index is 12.6. The number of hydrogen-bond acceptors (Lipinski definition) is 5. The molecule has 2 aromatic rings. The number of aromatic amines is 1. The van der Waals surface area contributed by atoms with Crippen LogP contribution in [0, 0.1) is 0 Å². The topological polar surface area (TPSA) is 108 Å². The van der Waals surface area contributed by atoms with Gasteiger partial charge in [0.1, 0.15) is 5.76 Å². The molecular formula is C14H18N4O4S. The van der Waals surface area contributed by atoms with Crippen molar-refractivity contribution >= 4 is 15.9 Å². The van der Waals surface area contributed by atoms with Crippen molar-refractivity contribution in [2.45, 2.75) is 25.4 Å². The minimum absolute atomic E-state index is 0.0239. The van der Waals surface area contributed by atoms with Crippen LogP contribution in [0.5, 0.6) is 0 Å². The number of H-pyrrole nitrogens is 1. The molecule has 9 heteroatoms. The minimum atomic E-state index is -3.30. The Kier molecular flexibility index (Phi) is 4.22. The summed E-state index contributed by atoms with van der Waals surface area (Å²) in [5.41, 5.74) is 0.904. The number of sulfonamides is 1. The first-order chi connectivity index (χ1) is 10.9. The molecule has 0 radical (unpaired) electrons. The van der Waals surface area contributed by atoms with Crippen molar-refractivity contribution in [3.63, 3.8) is 0 Å². The quantitative estimate of drug-likeness (QED) is 0.846. The number of amides is 1. The number of carbonyl (C=O) groups is 1. The van der Waals surface area contributed by atoms with Crippen molar-refractivity contribution in [1.82, 2.24) is 19.8 Å². The molecule has 3 rings (SSSR count). The summed E-state index contributed by atoms with van der Waals surface area (Å²) in [6.07, 6.45) is 4.52. The highest BCUT2D eigenvalue weighted by Gasteiger charge is 2.32. The summed E-state index contributed by atoms with van der Waals surface area (Å²) in [7, 11) is -3.30. The number of rotatable bonds is 5. The molecule has 0 aliphatic carbocycles. The predicted octanol–water partition coefficient (Wildman–Crippen LogP) is 1.03. The van der Waals surface area contributed by atoms with Crippen LogP contribution < -0.4 is 4.72 Å². The molecule has 1 atom stereocenters. The average molecular weight is 338 g/mol. The van der Waals surface area contributed by atoms with E-state index in [0.29, 0.717) is 12.3 Å². The lowest BCUT2D eigenvalue weighted by atomic mass is 10.1. The zero-order chi connectivity index (χ0) is 16.4. The highest BCUT2D eigenvalue weighted by Crippen LogP contribution is 2.32. The Morgan fingerprint density at radius 2 is 2.30 bits per heavy atom. The molecule has 8 nitrogen and oxygen atoms in total. The van der Waals surface area contributed by atoms with E-state index in [9.17, 15) is 13.2 Å². The number of likely N-dealkylation sites (tertiary alicyclic amines) is 1. The van der Waals surface area contributed by atoms with Gasteiger partial charge in [-0.3, -0.25) is 9.89 Å². The largest absolute Gasteiger partial charge is 0.455 e. The molecule has 23 heavy (non-hydrogen) atoms. The second-order valence-electron chi connectivity index (χ2n) is 5.53. The van der Waals surface area contributed by atoms with Gasteiger partial charge in [0.15, 0.2) is 5.76 Å². The van der Waals surface area contributed by atoms with E-state index in [1.165, 1.54) is 0 Å². The maximum Gasteiger partial charge on any atom is 0.290 e. The molecule has 2 N–H and O–H groups in total. The van der Waals surface area contributed by atoms with E-state index in [4.69, 9.17) is 4.42 Å². The molecule has 1 unspecified atom stereocenters. The Morgan fingerprint density at radius 3 is 3.00 bits per heavy atom. The molecule has 3 heterocycles. The van der Waals surface area contributed by atoms with Crippen LogP contribution in [0.15, 0.2) is 28.8 Å². The van der Waals surface area contributed by atoms with Crippen molar-refractivity contribution in [2.75, 3.05) is 12.8 Å². The van der Waals surface area contributed by atoms with Gasteiger partial charge in [-0.05, 0) is 31.0 Å². The van der Waals surface area contributed by atoms with Gasteiger partial charge in [-0.1, -0.05) is 0 Å². The molecule has 0 bridgehead atoms. The fourth-order valence-corrected chi connectivity index (χ4v) is 3.12. The molecule has 124 valence electrons. The molecular weight excluding hydrogens is 320 g/mol. The summed E-state index contributed by atoms with van der Waals surface area (Å²) in [6, 6.07) is 5.00. The summed E-state index contributed by atoms with van der Waals surface area (Å²) in [5, 5.41) is 6.84. The van der Waals surface area contributed by atoms with Crippen molar-refractivity contribution in [3.8, 4) is 0 Å². The highest BCUT2D eigenvalue weighted by molar-refractivity contribution is 7.88. The third kappa shape index (κ3) is 3.62. The van der Waals surface area contributed by atoms with E-state index in [1.807, 2.05) is 6.07 Å². The van der Waals surface area contributed by atoms with E-state index in [1.54, 1.807) is 23.2 Å². The molecule has 1 amide bonds. The van der Waals surface area contributed by atoms with Crippen molar-refractivity contribution in [1.29, 1.82) is 0 Å². The standard InChI is InChI=1S/C14H18N4O4S/c1-23(20,21)16-9-10-4-5-13(22-10)14(19)18-8-2-3-12(18)11-6-7-15-17-11/h4-7,12,16H,2-3,8-9H2,1H3,(H,15,17). The molecule has 0 aromatic carbocycles. The normalized spacial score (nSPS) is 18.5. The van der Waals surface area contributed by atoms with Crippen LogP contribution in [0.2, 0.25) is 0 Å². The van der Waals surface area contributed by atoms with Crippen LogP contribution in [0.3, 0.4) is 0 Å². The Balaban J connectivity index is 1.72. The van der Waals surface area contributed by atoms with Gasteiger partial charge < -0.3 is 9.32 Å². The van der Waals surface area contributed by atoms with Crippen LogP contribution in [0.25, 0.3) is 0 Å². The lowest BCUT2D eigenvalue weighted by Gasteiger charge is -2.22. The van der Waals surface area contributed by atoms with Gasteiger partial charge in [0.2, 0.25) is 10.0 Å². The minimum Gasteiger partial charge on any atom is -0.455 e. The van der Waals surface area contributed by atoms with Gasteiger partial charge >= 0.3 is 0 Å². The molecule has 0 spiro atoms. The first-order valence-electron chi connectivity index (χ1n) is 7.27. The second-order valence-corrected chi connectivity index (χ2v) is 7.36. The number of hydrogen-bond donors (Lipinski definition) is 2. The number of nitrogens with one attached hydrogen (secondary N) is 2. The summed E-state index contributed by atoms with van der Waals surface area (Å²) in [6.45, 7) is 0.677. The molecule has 1 fully saturated rings. The summed E-state index contributed by atoms with van der Waals surface area (Å²) in [4.78, 5) is 14.4. The third-order valence-electron chi connectivity index (χ3n) is 3.78. The average Bonchev–Trinajstić information content (AvgIpc) is 3.22. The third-order valence-corrected chi connectivity index (χ3v) is 4.44. The SMILES string of the molecule is CS(=O)(=O)NCc1ccc(C(=O)N2CCCC2c2ccn[nH]2)o1. The smallest absolute Gasteiger partial charge is 0.290 e. The van der Waals surface area contributed by atoms with Crippen LogP contribution >= 0.6 is 0 Å². The van der Waals surface area contributed by atoms with Crippen LogP contribution in [-0.2, 0) is 16.6 Å². The predicted molar refractivity (Wildman–Crippen MR) is 82.0 cm³/mol. The number of furan rings is 1.